The molecule has 1 heterocycles. The van der Waals surface area contributed by atoms with Crippen molar-refractivity contribution in [2.24, 2.45) is 0 Å². The molecule has 1 N–H and O–H groups in total. The number of amides is 1. The van der Waals surface area contributed by atoms with Gasteiger partial charge in [-0.05, 0) is 55.0 Å². The molecule has 1 atom stereocenters. The van der Waals surface area contributed by atoms with Crippen LogP contribution in [0.15, 0.2) is 59.1 Å². The quantitative estimate of drug-likeness (QED) is 0.700. The van der Waals surface area contributed by atoms with Crippen LogP contribution in [0.1, 0.15) is 30.0 Å². The van der Waals surface area contributed by atoms with E-state index in [4.69, 9.17) is 9.78 Å². The molecule has 0 aliphatic heterocycles. The van der Waals surface area contributed by atoms with Gasteiger partial charge in [0.25, 0.3) is 0 Å². The van der Waals surface area contributed by atoms with Crippen molar-refractivity contribution in [3.8, 4) is 17.5 Å². The topological polar surface area (TPSA) is 91.8 Å². The number of rotatable bonds is 5. The van der Waals surface area contributed by atoms with E-state index in [1.807, 2.05) is 6.07 Å². The van der Waals surface area contributed by atoms with Gasteiger partial charge >= 0.3 is 0 Å². The van der Waals surface area contributed by atoms with Gasteiger partial charge in [0, 0.05) is 11.6 Å². The third-order valence-electron chi connectivity index (χ3n) is 3.74. The summed E-state index contributed by atoms with van der Waals surface area (Å²) >= 11 is 0. The highest BCUT2D eigenvalue weighted by Gasteiger charge is 2.16. The maximum absolute atomic E-state index is 13.0. The molecule has 1 unspecified atom stereocenters. The van der Waals surface area contributed by atoms with Crippen LogP contribution in [0.2, 0.25) is 0 Å². The first-order valence-electron chi connectivity index (χ1n) is 8.13. The van der Waals surface area contributed by atoms with Gasteiger partial charge in [-0.2, -0.15) is 10.2 Å². The Kier molecular flexibility index (Phi) is 5.38. The van der Waals surface area contributed by atoms with Gasteiger partial charge in [-0.3, -0.25) is 4.79 Å². The second kappa shape index (κ2) is 8.06. The van der Waals surface area contributed by atoms with E-state index in [0.29, 0.717) is 17.0 Å². The number of aromatic nitrogens is 2. The molecule has 0 spiro atoms. The number of carbonyl (C=O) groups excluding carboxylic acids is 1. The van der Waals surface area contributed by atoms with Crippen molar-refractivity contribution in [1.82, 2.24) is 15.5 Å². The highest BCUT2D eigenvalue weighted by Crippen LogP contribution is 2.19. The van der Waals surface area contributed by atoms with Crippen LogP contribution in [0.5, 0.6) is 0 Å². The van der Waals surface area contributed by atoms with Crippen LogP contribution < -0.4 is 5.32 Å². The molecule has 0 aliphatic carbocycles. The molecule has 7 heteroatoms. The maximum Gasteiger partial charge on any atom is 0.249 e. The van der Waals surface area contributed by atoms with E-state index in [-0.39, 0.29) is 17.6 Å². The lowest BCUT2D eigenvalue weighted by atomic mass is 10.1. The van der Waals surface area contributed by atoms with E-state index in [9.17, 15) is 9.18 Å². The monoisotopic (exact) mass is 362 g/mol. The molecular weight excluding hydrogens is 347 g/mol. The Balaban J connectivity index is 1.62. The maximum atomic E-state index is 13.0. The molecule has 2 aromatic carbocycles. The molecule has 1 aromatic heterocycles. The summed E-state index contributed by atoms with van der Waals surface area (Å²) in [6.07, 6.45) is 3.02. The van der Waals surface area contributed by atoms with Gasteiger partial charge in [-0.25, -0.2) is 4.39 Å². The summed E-state index contributed by atoms with van der Waals surface area (Å²) in [5.41, 5.74) is 1.97. The second-order valence-corrected chi connectivity index (χ2v) is 5.76. The zero-order chi connectivity index (χ0) is 19.2. The summed E-state index contributed by atoms with van der Waals surface area (Å²) in [5.74, 6) is -0.112. The lowest BCUT2D eigenvalue weighted by molar-refractivity contribution is -0.117. The zero-order valence-corrected chi connectivity index (χ0v) is 14.4. The van der Waals surface area contributed by atoms with Crippen LogP contribution in [0.25, 0.3) is 17.5 Å². The summed E-state index contributed by atoms with van der Waals surface area (Å²) in [6.45, 7) is 1.72. The average Bonchev–Trinajstić information content (AvgIpc) is 3.18. The first-order valence-corrected chi connectivity index (χ1v) is 8.13. The number of hydrogen-bond donors (Lipinski definition) is 1. The molecule has 1 amide bonds. The van der Waals surface area contributed by atoms with Crippen molar-refractivity contribution >= 4 is 12.0 Å². The minimum Gasteiger partial charge on any atom is -0.341 e. The molecule has 0 saturated heterocycles. The van der Waals surface area contributed by atoms with Gasteiger partial charge in [0.2, 0.25) is 17.6 Å². The SMILES string of the molecule is CC(NC(=O)C=Cc1ccc(C#N)cc1)c1nc(-c2ccc(F)cc2)no1. The van der Waals surface area contributed by atoms with Crippen molar-refractivity contribution in [1.29, 1.82) is 5.26 Å². The standard InChI is InChI=1S/C20H15FN4O2/c1-13(20-24-19(25-27-20)16-7-9-17(21)10-8-16)23-18(26)11-6-14-2-4-15(12-22)5-3-14/h2-11,13H,1H3,(H,23,26). The van der Waals surface area contributed by atoms with Crippen molar-refractivity contribution in [3.63, 3.8) is 0 Å². The predicted molar refractivity (Wildman–Crippen MR) is 96.4 cm³/mol. The van der Waals surface area contributed by atoms with Crippen molar-refractivity contribution in [2.45, 2.75) is 13.0 Å². The lowest BCUT2D eigenvalue weighted by Crippen LogP contribution is -2.24. The van der Waals surface area contributed by atoms with E-state index >= 15 is 0 Å². The fourth-order valence-electron chi connectivity index (χ4n) is 2.29. The van der Waals surface area contributed by atoms with Crippen LogP contribution in [0, 0.1) is 17.1 Å². The number of hydrogen-bond acceptors (Lipinski definition) is 5. The minimum absolute atomic E-state index is 0.245. The third-order valence-corrected chi connectivity index (χ3v) is 3.74. The zero-order valence-electron chi connectivity index (χ0n) is 14.4. The highest BCUT2D eigenvalue weighted by molar-refractivity contribution is 5.91. The van der Waals surface area contributed by atoms with Crippen LogP contribution in [0.4, 0.5) is 4.39 Å². The molecule has 0 bridgehead atoms. The predicted octanol–water partition coefficient (Wildman–Crippen LogP) is 3.64. The lowest BCUT2D eigenvalue weighted by Gasteiger charge is -2.06. The molecule has 6 nitrogen and oxygen atoms in total. The fourth-order valence-corrected chi connectivity index (χ4v) is 2.29. The van der Waals surface area contributed by atoms with Crippen LogP contribution in [-0.4, -0.2) is 16.0 Å². The van der Waals surface area contributed by atoms with Gasteiger partial charge < -0.3 is 9.84 Å². The Labute approximate surface area is 155 Å². The molecule has 0 radical (unpaired) electrons. The molecule has 3 rings (SSSR count). The highest BCUT2D eigenvalue weighted by atomic mass is 19.1. The van der Waals surface area contributed by atoms with Crippen molar-refractivity contribution in [2.75, 3.05) is 0 Å². The van der Waals surface area contributed by atoms with Crippen LogP contribution >= 0.6 is 0 Å². The van der Waals surface area contributed by atoms with E-state index in [0.717, 1.165) is 5.56 Å². The molecule has 0 aliphatic rings. The van der Waals surface area contributed by atoms with E-state index in [2.05, 4.69) is 15.5 Å². The number of carbonyl (C=O) groups is 1. The van der Waals surface area contributed by atoms with Gasteiger partial charge in [0.05, 0.1) is 11.6 Å². The average molecular weight is 362 g/mol. The van der Waals surface area contributed by atoms with Gasteiger partial charge in [-0.1, -0.05) is 17.3 Å². The van der Waals surface area contributed by atoms with Gasteiger partial charge in [0.1, 0.15) is 11.9 Å². The Morgan fingerprint density at radius 1 is 1.22 bits per heavy atom. The Hall–Kier alpha value is -3.79. The van der Waals surface area contributed by atoms with Gasteiger partial charge in [-0.15, -0.1) is 0 Å². The molecule has 3 aromatic rings. The summed E-state index contributed by atoms with van der Waals surface area (Å²) in [6, 6.07) is 14.1. The van der Waals surface area contributed by atoms with E-state index < -0.39 is 6.04 Å². The fraction of sp³-hybridized carbons (Fsp3) is 0.100. The normalized spacial score (nSPS) is 11.9. The number of nitriles is 1. The summed E-state index contributed by atoms with van der Waals surface area (Å²) in [7, 11) is 0. The number of benzene rings is 2. The first kappa shape index (κ1) is 18.0. The van der Waals surface area contributed by atoms with Crippen molar-refractivity contribution in [3.05, 3.63) is 77.4 Å². The molecule has 134 valence electrons. The van der Waals surface area contributed by atoms with Crippen molar-refractivity contribution < 1.29 is 13.7 Å². The Bertz CT molecular complexity index is 1000. The number of nitrogens with one attached hydrogen (secondary N) is 1. The number of nitrogens with zero attached hydrogens (tertiary/aromatic N) is 3. The molecular formula is C20H15FN4O2. The first-order chi connectivity index (χ1) is 13.0. The molecule has 0 saturated carbocycles. The van der Waals surface area contributed by atoms with Gasteiger partial charge in [0.15, 0.2) is 0 Å². The van der Waals surface area contributed by atoms with E-state index in [1.54, 1.807) is 49.4 Å². The Morgan fingerprint density at radius 3 is 2.59 bits per heavy atom. The largest absolute Gasteiger partial charge is 0.341 e. The summed E-state index contributed by atoms with van der Waals surface area (Å²) < 4.78 is 18.2. The minimum atomic E-state index is -0.496. The number of halogens is 1. The second-order valence-electron chi connectivity index (χ2n) is 5.76. The summed E-state index contributed by atoms with van der Waals surface area (Å²) in [5, 5.41) is 15.4. The Morgan fingerprint density at radius 2 is 1.93 bits per heavy atom. The van der Waals surface area contributed by atoms with Crippen LogP contribution in [0.3, 0.4) is 0 Å². The summed E-state index contributed by atoms with van der Waals surface area (Å²) in [4.78, 5) is 16.3. The van der Waals surface area contributed by atoms with E-state index in [1.165, 1.54) is 18.2 Å². The third kappa shape index (κ3) is 4.64. The van der Waals surface area contributed by atoms with Crippen LogP contribution in [-0.2, 0) is 4.79 Å². The molecule has 27 heavy (non-hydrogen) atoms. The smallest absolute Gasteiger partial charge is 0.249 e. The molecule has 0 fully saturated rings.